The number of halogens is 1. The van der Waals surface area contributed by atoms with Crippen LogP contribution in [0.15, 0.2) is 12.3 Å². The molecular weight excluding hydrogens is 245 g/mol. The normalized spacial score (nSPS) is 23.1. The molecule has 4 nitrogen and oxygen atoms in total. The first-order chi connectivity index (χ1) is 9.00. The van der Waals surface area contributed by atoms with Gasteiger partial charge in [0.2, 0.25) is 0 Å². The maximum Gasteiger partial charge on any atom is 0.257 e. The van der Waals surface area contributed by atoms with E-state index in [0.29, 0.717) is 5.92 Å². The third kappa shape index (κ3) is 2.85. The van der Waals surface area contributed by atoms with Gasteiger partial charge >= 0.3 is 0 Å². The van der Waals surface area contributed by atoms with Crippen LogP contribution in [0.1, 0.15) is 43.0 Å². The van der Waals surface area contributed by atoms with Gasteiger partial charge in [-0.25, -0.2) is 9.37 Å². The van der Waals surface area contributed by atoms with Crippen LogP contribution in [-0.2, 0) is 0 Å². The van der Waals surface area contributed by atoms with E-state index in [4.69, 9.17) is 5.73 Å². The van der Waals surface area contributed by atoms with Crippen LogP contribution in [0.3, 0.4) is 0 Å². The average molecular weight is 265 g/mol. The molecule has 19 heavy (non-hydrogen) atoms. The summed E-state index contributed by atoms with van der Waals surface area (Å²) >= 11 is 0. The Morgan fingerprint density at radius 1 is 1.47 bits per heavy atom. The Morgan fingerprint density at radius 2 is 2.16 bits per heavy atom. The van der Waals surface area contributed by atoms with E-state index in [-0.39, 0.29) is 23.3 Å². The Balaban J connectivity index is 2.20. The number of amides is 1. The third-order valence-corrected chi connectivity index (χ3v) is 4.00. The van der Waals surface area contributed by atoms with Crippen LogP contribution in [-0.4, -0.2) is 28.9 Å². The number of pyridine rings is 1. The molecule has 1 fully saturated rings. The lowest BCUT2D eigenvalue weighted by atomic mass is 9.85. The monoisotopic (exact) mass is 265 g/mol. The fourth-order valence-electron chi connectivity index (χ4n) is 2.83. The van der Waals surface area contributed by atoms with Gasteiger partial charge in [0.15, 0.2) is 0 Å². The maximum absolute atomic E-state index is 13.2. The molecule has 1 aliphatic carbocycles. The molecule has 0 radical (unpaired) electrons. The van der Waals surface area contributed by atoms with Crippen molar-refractivity contribution in [1.29, 1.82) is 0 Å². The molecule has 0 spiro atoms. The summed E-state index contributed by atoms with van der Waals surface area (Å²) in [7, 11) is 1.76. The molecule has 1 heterocycles. The van der Waals surface area contributed by atoms with Crippen molar-refractivity contribution < 1.29 is 9.18 Å². The number of nitrogens with two attached hydrogens (primary N) is 1. The third-order valence-electron chi connectivity index (χ3n) is 4.00. The highest BCUT2D eigenvalue weighted by molar-refractivity contribution is 5.98. The highest BCUT2D eigenvalue weighted by Gasteiger charge is 2.29. The van der Waals surface area contributed by atoms with E-state index in [9.17, 15) is 9.18 Å². The molecule has 1 aromatic heterocycles. The summed E-state index contributed by atoms with van der Waals surface area (Å²) in [6.45, 7) is 2.15. The molecule has 0 bridgehead atoms. The molecule has 2 unspecified atom stereocenters. The number of hydrogen-bond donors (Lipinski definition) is 1. The summed E-state index contributed by atoms with van der Waals surface area (Å²) in [5.74, 6) is -0.238. The minimum atomic E-state index is -0.539. The zero-order valence-corrected chi connectivity index (χ0v) is 11.4. The highest BCUT2D eigenvalue weighted by Crippen LogP contribution is 2.28. The van der Waals surface area contributed by atoms with Gasteiger partial charge in [-0.2, -0.15) is 0 Å². The van der Waals surface area contributed by atoms with Crippen molar-refractivity contribution in [3.05, 3.63) is 23.6 Å². The number of carbonyl (C=O) groups is 1. The highest BCUT2D eigenvalue weighted by atomic mass is 19.1. The van der Waals surface area contributed by atoms with E-state index < -0.39 is 5.82 Å². The topological polar surface area (TPSA) is 59.2 Å². The van der Waals surface area contributed by atoms with Crippen molar-refractivity contribution >= 4 is 11.7 Å². The van der Waals surface area contributed by atoms with E-state index in [1.165, 1.54) is 6.42 Å². The Bertz CT molecular complexity index is 478. The van der Waals surface area contributed by atoms with Crippen LogP contribution in [0.5, 0.6) is 0 Å². The van der Waals surface area contributed by atoms with Gasteiger partial charge in [-0.15, -0.1) is 0 Å². The fourth-order valence-corrected chi connectivity index (χ4v) is 2.83. The van der Waals surface area contributed by atoms with Gasteiger partial charge in [0, 0.05) is 13.1 Å². The summed E-state index contributed by atoms with van der Waals surface area (Å²) in [6.07, 6.45) is 5.48. The fraction of sp³-hybridized carbons (Fsp3) is 0.571. The Morgan fingerprint density at radius 3 is 2.84 bits per heavy atom. The van der Waals surface area contributed by atoms with Crippen LogP contribution in [0.25, 0.3) is 0 Å². The first kappa shape index (κ1) is 13.8. The van der Waals surface area contributed by atoms with Gasteiger partial charge in [0.25, 0.3) is 5.91 Å². The van der Waals surface area contributed by atoms with Gasteiger partial charge in [-0.3, -0.25) is 4.79 Å². The molecular formula is C14H20FN3O. The van der Waals surface area contributed by atoms with Crippen LogP contribution in [0.4, 0.5) is 10.2 Å². The first-order valence-corrected chi connectivity index (χ1v) is 6.69. The summed E-state index contributed by atoms with van der Waals surface area (Å²) < 4.78 is 13.2. The zero-order valence-electron chi connectivity index (χ0n) is 11.4. The molecule has 104 valence electrons. The van der Waals surface area contributed by atoms with Crippen LogP contribution in [0.2, 0.25) is 0 Å². The molecule has 1 aromatic rings. The van der Waals surface area contributed by atoms with E-state index in [1.54, 1.807) is 11.9 Å². The van der Waals surface area contributed by atoms with Gasteiger partial charge in [-0.05, 0) is 24.8 Å². The minimum absolute atomic E-state index is 0.0849. The number of carbonyl (C=O) groups excluding carboxylic acids is 1. The second kappa shape index (κ2) is 5.55. The number of hydrogen-bond acceptors (Lipinski definition) is 3. The molecule has 1 amide bonds. The lowest BCUT2D eigenvalue weighted by Gasteiger charge is -2.36. The SMILES string of the molecule is CC1CCCCC1N(C)C(=O)c1cc(F)cnc1N. The summed E-state index contributed by atoms with van der Waals surface area (Å²) in [6, 6.07) is 1.36. The van der Waals surface area contributed by atoms with Gasteiger partial charge in [0.05, 0.1) is 11.8 Å². The molecule has 2 N–H and O–H groups in total. The first-order valence-electron chi connectivity index (χ1n) is 6.69. The molecule has 0 aromatic carbocycles. The van der Waals surface area contributed by atoms with E-state index >= 15 is 0 Å². The molecule has 0 saturated heterocycles. The number of nitrogen functional groups attached to an aromatic ring is 1. The van der Waals surface area contributed by atoms with Crippen molar-refractivity contribution in [3.63, 3.8) is 0 Å². The van der Waals surface area contributed by atoms with Crippen molar-refractivity contribution in [1.82, 2.24) is 9.88 Å². The molecule has 1 aliphatic rings. The zero-order chi connectivity index (χ0) is 14.0. The number of nitrogens with zero attached hydrogens (tertiary/aromatic N) is 2. The quantitative estimate of drug-likeness (QED) is 0.893. The predicted molar refractivity (Wildman–Crippen MR) is 72.1 cm³/mol. The summed E-state index contributed by atoms with van der Waals surface area (Å²) in [5, 5.41) is 0. The summed E-state index contributed by atoms with van der Waals surface area (Å²) in [5.41, 5.74) is 5.82. The second-order valence-corrected chi connectivity index (χ2v) is 5.33. The second-order valence-electron chi connectivity index (χ2n) is 5.33. The minimum Gasteiger partial charge on any atom is -0.383 e. The van der Waals surface area contributed by atoms with Crippen LogP contribution < -0.4 is 5.73 Å². The van der Waals surface area contributed by atoms with E-state index in [0.717, 1.165) is 31.5 Å². The Labute approximate surface area is 112 Å². The van der Waals surface area contributed by atoms with Gasteiger partial charge in [-0.1, -0.05) is 19.8 Å². The van der Waals surface area contributed by atoms with Gasteiger partial charge in [0.1, 0.15) is 11.6 Å². The molecule has 2 rings (SSSR count). The van der Waals surface area contributed by atoms with Gasteiger partial charge < -0.3 is 10.6 Å². The maximum atomic E-state index is 13.2. The molecule has 1 saturated carbocycles. The molecule has 2 atom stereocenters. The van der Waals surface area contributed by atoms with Crippen molar-refractivity contribution in [3.8, 4) is 0 Å². The van der Waals surface area contributed by atoms with Crippen molar-refractivity contribution in [2.75, 3.05) is 12.8 Å². The van der Waals surface area contributed by atoms with E-state index in [2.05, 4.69) is 11.9 Å². The number of anilines is 1. The summed E-state index contributed by atoms with van der Waals surface area (Å²) in [4.78, 5) is 17.8. The standard InChI is InChI=1S/C14H20FN3O/c1-9-5-3-4-6-12(9)18(2)14(19)11-7-10(15)8-17-13(11)16/h7-9,12H,3-6H2,1-2H3,(H2,16,17). The smallest absolute Gasteiger partial charge is 0.257 e. The lowest BCUT2D eigenvalue weighted by molar-refractivity contribution is 0.0629. The van der Waals surface area contributed by atoms with E-state index in [1.807, 2.05) is 0 Å². The molecule has 5 heteroatoms. The molecule has 0 aliphatic heterocycles. The lowest BCUT2D eigenvalue weighted by Crippen LogP contribution is -2.42. The van der Waals surface area contributed by atoms with Crippen LogP contribution >= 0.6 is 0 Å². The number of aromatic nitrogens is 1. The van der Waals surface area contributed by atoms with Crippen LogP contribution in [0, 0.1) is 11.7 Å². The Hall–Kier alpha value is -1.65. The van der Waals surface area contributed by atoms with Crippen molar-refractivity contribution in [2.24, 2.45) is 5.92 Å². The van der Waals surface area contributed by atoms with Crippen molar-refractivity contribution in [2.45, 2.75) is 38.6 Å². The Kier molecular flexibility index (Phi) is 4.02. The largest absolute Gasteiger partial charge is 0.383 e. The predicted octanol–water partition coefficient (Wildman–Crippen LogP) is 2.45. The number of rotatable bonds is 2. The average Bonchev–Trinajstić information content (AvgIpc) is 2.40.